The Morgan fingerprint density at radius 1 is 1.38 bits per heavy atom. The second kappa shape index (κ2) is 7.18. The Morgan fingerprint density at radius 3 is 2.92 bits per heavy atom. The van der Waals surface area contributed by atoms with Crippen molar-refractivity contribution in [1.82, 2.24) is 19.8 Å². The molecular formula is C19H26N4O. The van der Waals surface area contributed by atoms with Gasteiger partial charge in [0.05, 0.1) is 17.8 Å². The van der Waals surface area contributed by atoms with E-state index in [0.29, 0.717) is 12.6 Å². The lowest BCUT2D eigenvalue weighted by molar-refractivity contribution is 0.0736. The molecule has 1 unspecified atom stereocenters. The third-order valence-electron chi connectivity index (χ3n) is 4.93. The van der Waals surface area contributed by atoms with Gasteiger partial charge in [-0.15, -0.1) is 0 Å². The number of aromatic nitrogens is 2. The first-order valence-corrected chi connectivity index (χ1v) is 8.64. The molecule has 1 fully saturated rings. The molecule has 5 nitrogen and oxygen atoms in total. The Kier molecular flexibility index (Phi) is 5.00. The quantitative estimate of drug-likeness (QED) is 0.918. The minimum absolute atomic E-state index is 0.160. The summed E-state index contributed by atoms with van der Waals surface area (Å²) >= 11 is 0. The van der Waals surface area contributed by atoms with Gasteiger partial charge in [0.15, 0.2) is 0 Å². The fourth-order valence-corrected chi connectivity index (χ4v) is 3.62. The number of hydrogen-bond acceptors (Lipinski definition) is 3. The number of nitrogens with zero attached hydrogens (tertiary/aromatic N) is 3. The molecule has 0 spiro atoms. The number of carbonyl (C=O) groups is 1. The van der Waals surface area contributed by atoms with E-state index in [1.165, 1.54) is 0 Å². The van der Waals surface area contributed by atoms with Crippen LogP contribution in [0.1, 0.15) is 40.3 Å². The molecule has 1 N–H and O–H groups in total. The largest absolute Gasteiger partial charge is 0.342 e. The summed E-state index contributed by atoms with van der Waals surface area (Å²) in [6.07, 6.45) is 3.98. The molecule has 1 atom stereocenters. The van der Waals surface area contributed by atoms with E-state index in [9.17, 15) is 4.79 Å². The van der Waals surface area contributed by atoms with Crippen LogP contribution in [0.25, 0.3) is 0 Å². The molecule has 5 heteroatoms. The van der Waals surface area contributed by atoms with Crippen molar-refractivity contribution in [2.45, 2.75) is 39.3 Å². The van der Waals surface area contributed by atoms with Crippen LogP contribution in [0, 0.1) is 13.8 Å². The molecule has 1 aliphatic heterocycles. The van der Waals surface area contributed by atoms with Gasteiger partial charge in [0, 0.05) is 36.7 Å². The number of hydrogen-bond donors (Lipinski definition) is 1. The van der Waals surface area contributed by atoms with E-state index in [4.69, 9.17) is 0 Å². The van der Waals surface area contributed by atoms with Crippen LogP contribution >= 0.6 is 0 Å². The second-order valence-electron chi connectivity index (χ2n) is 6.54. The first-order chi connectivity index (χ1) is 11.6. The van der Waals surface area contributed by atoms with Gasteiger partial charge in [0.25, 0.3) is 5.91 Å². The van der Waals surface area contributed by atoms with E-state index >= 15 is 0 Å². The number of nitrogens with one attached hydrogen (secondary N) is 1. The van der Waals surface area contributed by atoms with E-state index in [2.05, 4.69) is 21.8 Å². The molecule has 0 saturated carbocycles. The lowest BCUT2D eigenvalue weighted by Crippen LogP contribution is -2.41. The van der Waals surface area contributed by atoms with Gasteiger partial charge in [-0.2, -0.15) is 0 Å². The van der Waals surface area contributed by atoms with Crippen LogP contribution < -0.4 is 5.32 Å². The van der Waals surface area contributed by atoms with Crippen LogP contribution in [0.5, 0.6) is 0 Å². The number of likely N-dealkylation sites (N-methyl/N-ethyl adjacent to an activating group) is 1. The molecule has 0 bridgehead atoms. The molecule has 0 aromatic carbocycles. The fraction of sp³-hybridized carbons (Fsp3) is 0.474. The number of rotatable bonds is 5. The van der Waals surface area contributed by atoms with Crippen molar-refractivity contribution in [2.75, 3.05) is 20.1 Å². The normalized spacial score (nSPS) is 17.5. The van der Waals surface area contributed by atoms with E-state index < -0.39 is 0 Å². The Balaban J connectivity index is 1.84. The SMILES string of the molecule is CNCC1CCCN1C(=O)c1cc(C)n(Cc2ccccn2)c1C. The van der Waals surface area contributed by atoms with Gasteiger partial charge in [-0.1, -0.05) is 6.07 Å². The molecule has 128 valence electrons. The third-order valence-corrected chi connectivity index (χ3v) is 4.93. The van der Waals surface area contributed by atoms with Crippen molar-refractivity contribution in [3.63, 3.8) is 0 Å². The van der Waals surface area contributed by atoms with Gasteiger partial charge < -0.3 is 14.8 Å². The monoisotopic (exact) mass is 326 g/mol. The zero-order valence-corrected chi connectivity index (χ0v) is 14.7. The van der Waals surface area contributed by atoms with Crippen LogP contribution in [-0.2, 0) is 6.54 Å². The number of amides is 1. The minimum atomic E-state index is 0.160. The van der Waals surface area contributed by atoms with Crippen LogP contribution in [0.3, 0.4) is 0 Å². The molecule has 2 aromatic rings. The van der Waals surface area contributed by atoms with Crippen molar-refractivity contribution in [2.24, 2.45) is 0 Å². The molecule has 24 heavy (non-hydrogen) atoms. The summed E-state index contributed by atoms with van der Waals surface area (Å²) in [5.74, 6) is 0.160. The van der Waals surface area contributed by atoms with Crippen LogP contribution in [0.15, 0.2) is 30.5 Å². The van der Waals surface area contributed by atoms with Gasteiger partial charge >= 0.3 is 0 Å². The maximum Gasteiger partial charge on any atom is 0.255 e. The van der Waals surface area contributed by atoms with Crippen molar-refractivity contribution >= 4 is 5.91 Å². The first kappa shape index (κ1) is 16.7. The predicted octanol–water partition coefficient (Wildman–Crippen LogP) is 2.37. The summed E-state index contributed by atoms with van der Waals surface area (Å²) in [7, 11) is 1.94. The zero-order chi connectivity index (χ0) is 17.1. The highest BCUT2D eigenvalue weighted by atomic mass is 16.2. The fourth-order valence-electron chi connectivity index (χ4n) is 3.62. The molecule has 0 aliphatic carbocycles. The molecule has 3 heterocycles. The maximum absolute atomic E-state index is 13.0. The molecular weight excluding hydrogens is 300 g/mol. The number of likely N-dealkylation sites (tertiary alicyclic amines) is 1. The summed E-state index contributed by atoms with van der Waals surface area (Å²) in [5.41, 5.74) is 3.96. The van der Waals surface area contributed by atoms with Crippen LogP contribution in [-0.4, -0.2) is 46.5 Å². The number of carbonyl (C=O) groups excluding carboxylic acids is 1. The smallest absolute Gasteiger partial charge is 0.255 e. The Morgan fingerprint density at radius 2 is 2.21 bits per heavy atom. The Bertz CT molecular complexity index is 708. The standard InChI is InChI=1S/C19H26N4O/c1-14-11-18(19(24)22-10-6-8-17(22)12-20-3)15(2)23(14)13-16-7-4-5-9-21-16/h4-5,7,9,11,17,20H,6,8,10,12-13H2,1-3H3. The molecule has 1 amide bonds. The molecule has 1 saturated heterocycles. The summed E-state index contributed by atoms with van der Waals surface area (Å²) in [6.45, 7) is 6.51. The number of aryl methyl sites for hydroxylation is 1. The molecule has 1 aliphatic rings. The van der Waals surface area contributed by atoms with Crippen molar-refractivity contribution in [1.29, 1.82) is 0 Å². The summed E-state index contributed by atoms with van der Waals surface area (Å²) < 4.78 is 2.18. The van der Waals surface area contributed by atoms with E-state index in [-0.39, 0.29) is 5.91 Å². The van der Waals surface area contributed by atoms with Gasteiger partial charge in [-0.25, -0.2) is 0 Å². The zero-order valence-electron chi connectivity index (χ0n) is 14.7. The van der Waals surface area contributed by atoms with Gasteiger partial charge in [-0.3, -0.25) is 9.78 Å². The average Bonchev–Trinajstić information content (AvgIpc) is 3.15. The van der Waals surface area contributed by atoms with E-state index in [1.807, 2.05) is 49.3 Å². The first-order valence-electron chi connectivity index (χ1n) is 8.64. The predicted molar refractivity (Wildman–Crippen MR) is 95.2 cm³/mol. The average molecular weight is 326 g/mol. The van der Waals surface area contributed by atoms with Crippen molar-refractivity contribution < 1.29 is 4.79 Å². The summed E-state index contributed by atoms with van der Waals surface area (Å²) in [5, 5.41) is 3.20. The molecule has 0 radical (unpaired) electrons. The van der Waals surface area contributed by atoms with Crippen LogP contribution in [0.4, 0.5) is 0 Å². The minimum Gasteiger partial charge on any atom is -0.342 e. The highest BCUT2D eigenvalue weighted by Gasteiger charge is 2.30. The highest BCUT2D eigenvalue weighted by molar-refractivity contribution is 5.96. The summed E-state index contributed by atoms with van der Waals surface area (Å²) in [4.78, 5) is 19.5. The van der Waals surface area contributed by atoms with Crippen molar-refractivity contribution in [3.05, 3.63) is 53.1 Å². The Hall–Kier alpha value is -2.14. The van der Waals surface area contributed by atoms with Crippen LogP contribution in [0.2, 0.25) is 0 Å². The van der Waals surface area contributed by atoms with Gasteiger partial charge in [0.2, 0.25) is 0 Å². The molecule has 2 aromatic heterocycles. The number of pyridine rings is 1. The van der Waals surface area contributed by atoms with E-state index in [1.54, 1.807) is 0 Å². The highest BCUT2D eigenvalue weighted by Crippen LogP contribution is 2.23. The molecule has 3 rings (SSSR count). The lowest BCUT2D eigenvalue weighted by Gasteiger charge is -2.24. The van der Waals surface area contributed by atoms with Gasteiger partial charge in [0.1, 0.15) is 0 Å². The maximum atomic E-state index is 13.0. The van der Waals surface area contributed by atoms with Gasteiger partial charge in [-0.05, 0) is 51.9 Å². The second-order valence-corrected chi connectivity index (χ2v) is 6.54. The lowest BCUT2D eigenvalue weighted by atomic mass is 10.2. The summed E-state index contributed by atoms with van der Waals surface area (Å²) in [6, 6.07) is 8.26. The Labute approximate surface area is 143 Å². The third kappa shape index (κ3) is 3.22. The topological polar surface area (TPSA) is 50.2 Å². The van der Waals surface area contributed by atoms with E-state index in [0.717, 1.165) is 48.6 Å². The van der Waals surface area contributed by atoms with Crippen molar-refractivity contribution in [3.8, 4) is 0 Å².